The zero-order chi connectivity index (χ0) is 24.1. The molecule has 1 amide bonds. The molecule has 2 rings (SSSR count). The van der Waals surface area contributed by atoms with Gasteiger partial charge in [-0.25, -0.2) is 13.1 Å². The highest BCUT2D eigenvalue weighted by Crippen LogP contribution is 2.27. The van der Waals surface area contributed by atoms with Gasteiger partial charge in [-0.3, -0.25) is 4.79 Å². The second-order valence-electron chi connectivity index (χ2n) is 8.88. The van der Waals surface area contributed by atoms with E-state index in [4.69, 9.17) is 16.3 Å². The molecule has 0 saturated carbocycles. The molecule has 0 aromatic heterocycles. The van der Waals surface area contributed by atoms with Gasteiger partial charge >= 0.3 is 0 Å². The topological polar surface area (TPSA) is 79.0 Å². The normalized spacial score (nSPS) is 12.1. The number of carbonyl (C=O) groups excluding carboxylic acids is 1. The summed E-state index contributed by atoms with van der Waals surface area (Å²) in [5.41, 5.74) is 0.515. The second-order valence-corrected chi connectivity index (χ2v) is 11.0. The first-order chi connectivity index (χ1) is 14.8. The zero-order valence-corrected chi connectivity index (χ0v) is 21.0. The van der Waals surface area contributed by atoms with Crippen LogP contribution < -0.4 is 9.46 Å². The summed E-state index contributed by atoms with van der Waals surface area (Å²) in [6.07, 6.45) is 0. The van der Waals surface area contributed by atoms with Gasteiger partial charge in [-0.1, -0.05) is 23.7 Å². The highest BCUT2D eigenvalue weighted by atomic mass is 35.5. The lowest BCUT2D eigenvalue weighted by Gasteiger charge is -2.25. The molecule has 0 radical (unpaired) electrons. The lowest BCUT2D eigenvalue weighted by molar-refractivity contribution is 0.0731. The highest BCUT2D eigenvalue weighted by molar-refractivity contribution is 7.89. The summed E-state index contributed by atoms with van der Waals surface area (Å²) >= 11 is 5.98. The van der Waals surface area contributed by atoms with E-state index in [1.807, 2.05) is 31.1 Å². The Kier molecular flexibility index (Phi) is 8.70. The van der Waals surface area contributed by atoms with Crippen LogP contribution in [0, 0.1) is 0 Å². The number of hydrogen-bond donors (Lipinski definition) is 1. The molecular formula is C23H32ClN3O4S. The summed E-state index contributed by atoms with van der Waals surface area (Å²) in [6.45, 7) is 6.76. The standard InChI is InChI=1S/C23H32ClN3O4S/c1-23(2,3)25-32(29,30)21-15-18(9-12-20(21)31-6)22(28)27(14-13-26(4)5)16-17-7-10-19(24)11-8-17/h7-12,15,25H,13-14,16H2,1-6H3. The summed E-state index contributed by atoms with van der Waals surface area (Å²) in [5.74, 6) is -0.0903. The summed E-state index contributed by atoms with van der Waals surface area (Å²) in [5, 5.41) is 0.622. The van der Waals surface area contributed by atoms with Crippen molar-refractivity contribution < 1.29 is 17.9 Å². The Balaban J connectivity index is 2.42. The first-order valence-corrected chi connectivity index (χ1v) is 12.1. The average molecular weight is 482 g/mol. The van der Waals surface area contributed by atoms with Crippen LogP contribution in [0.4, 0.5) is 0 Å². The molecule has 32 heavy (non-hydrogen) atoms. The van der Waals surface area contributed by atoms with Crippen molar-refractivity contribution in [3.05, 3.63) is 58.6 Å². The van der Waals surface area contributed by atoms with Crippen LogP contribution in [0.1, 0.15) is 36.7 Å². The van der Waals surface area contributed by atoms with Crippen LogP contribution in [-0.2, 0) is 16.6 Å². The number of likely N-dealkylation sites (N-methyl/N-ethyl adjacent to an activating group) is 1. The van der Waals surface area contributed by atoms with Crippen LogP contribution >= 0.6 is 11.6 Å². The van der Waals surface area contributed by atoms with Crippen LogP contribution in [0.5, 0.6) is 5.75 Å². The van der Waals surface area contributed by atoms with Gasteiger partial charge in [0.25, 0.3) is 5.91 Å². The minimum absolute atomic E-state index is 0.0696. The molecule has 176 valence electrons. The van der Waals surface area contributed by atoms with Crippen LogP contribution in [-0.4, -0.2) is 64.0 Å². The Hall–Kier alpha value is -2.13. The predicted octanol–water partition coefficient (Wildman–Crippen LogP) is 3.63. The Morgan fingerprint density at radius 1 is 1.06 bits per heavy atom. The Bertz CT molecular complexity index is 1030. The van der Waals surface area contributed by atoms with E-state index in [2.05, 4.69) is 4.72 Å². The van der Waals surface area contributed by atoms with E-state index >= 15 is 0 Å². The predicted molar refractivity (Wildman–Crippen MR) is 128 cm³/mol. The third-order valence-corrected chi connectivity index (χ3v) is 6.56. The maximum absolute atomic E-state index is 13.4. The van der Waals surface area contributed by atoms with Crippen LogP contribution in [0.25, 0.3) is 0 Å². The number of ether oxygens (including phenoxy) is 1. The third kappa shape index (κ3) is 7.48. The Morgan fingerprint density at radius 3 is 2.22 bits per heavy atom. The minimum atomic E-state index is -3.90. The fourth-order valence-corrected chi connectivity index (χ4v) is 4.78. The molecule has 0 heterocycles. The quantitative estimate of drug-likeness (QED) is 0.591. The molecule has 0 fully saturated rings. The van der Waals surface area contributed by atoms with Crippen LogP contribution in [0.15, 0.2) is 47.4 Å². The van der Waals surface area contributed by atoms with Gasteiger partial charge in [0.15, 0.2) is 0 Å². The van der Waals surface area contributed by atoms with Crippen molar-refractivity contribution in [3.63, 3.8) is 0 Å². The maximum atomic E-state index is 13.4. The number of nitrogens with zero attached hydrogens (tertiary/aromatic N) is 2. The van der Waals surface area contributed by atoms with E-state index in [0.717, 1.165) is 5.56 Å². The SMILES string of the molecule is COc1ccc(C(=O)N(CCN(C)C)Cc2ccc(Cl)cc2)cc1S(=O)(=O)NC(C)(C)C. The molecule has 7 nitrogen and oxygen atoms in total. The number of benzene rings is 2. The van der Waals surface area contributed by atoms with Gasteiger partial charge in [-0.15, -0.1) is 0 Å². The van der Waals surface area contributed by atoms with Crippen molar-refractivity contribution in [1.82, 2.24) is 14.5 Å². The minimum Gasteiger partial charge on any atom is -0.495 e. The molecule has 2 aromatic rings. The van der Waals surface area contributed by atoms with Gasteiger partial charge in [0.1, 0.15) is 10.6 Å². The molecule has 0 saturated heterocycles. The van der Waals surface area contributed by atoms with Gasteiger partial charge in [-0.05, 0) is 70.8 Å². The fourth-order valence-electron chi connectivity index (χ4n) is 3.04. The van der Waals surface area contributed by atoms with E-state index in [1.54, 1.807) is 43.9 Å². The van der Waals surface area contributed by atoms with Crippen LogP contribution in [0.2, 0.25) is 5.02 Å². The van der Waals surface area contributed by atoms with E-state index in [-0.39, 0.29) is 22.1 Å². The molecule has 0 bridgehead atoms. The largest absolute Gasteiger partial charge is 0.495 e. The summed E-state index contributed by atoms with van der Waals surface area (Å²) in [4.78, 5) is 17.0. The van der Waals surface area contributed by atoms with Gasteiger partial charge in [-0.2, -0.15) is 0 Å². The lowest BCUT2D eigenvalue weighted by atomic mass is 10.1. The Morgan fingerprint density at radius 2 is 1.69 bits per heavy atom. The summed E-state index contributed by atoms with van der Waals surface area (Å²) in [6, 6.07) is 11.8. The molecule has 0 aliphatic rings. The second kappa shape index (κ2) is 10.7. The van der Waals surface area contributed by atoms with Crippen molar-refractivity contribution >= 4 is 27.5 Å². The molecular weight excluding hydrogens is 450 g/mol. The van der Waals surface area contributed by atoms with Gasteiger partial charge in [0, 0.05) is 35.8 Å². The number of halogens is 1. The molecule has 1 N–H and O–H groups in total. The number of methoxy groups -OCH3 is 1. The summed E-state index contributed by atoms with van der Waals surface area (Å²) in [7, 11) is 1.36. The summed E-state index contributed by atoms with van der Waals surface area (Å²) < 4.78 is 33.8. The lowest BCUT2D eigenvalue weighted by Crippen LogP contribution is -2.40. The monoisotopic (exact) mass is 481 g/mol. The number of hydrogen-bond acceptors (Lipinski definition) is 5. The average Bonchev–Trinajstić information content (AvgIpc) is 2.69. The van der Waals surface area contributed by atoms with Gasteiger partial charge in [0.2, 0.25) is 10.0 Å². The molecule has 9 heteroatoms. The number of amides is 1. The third-order valence-electron chi connectivity index (χ3n) is 4.53. The van der Waals surface area contributed by atoms with Crippen molar-refractivity contribution in [2.45, 2.75) is 37.8 Å². The van der Waals surface area contributed by atoms with Crippen molar-refractivity contribution in [2.24, 2.45) is 0 Å². The first-order valence-electron chi connectivity index (χ1n) is 10.2. The number of carbonyl (C=O) groups is 1. The van der Waals surface area contributed by atoms with Crippen molar-refractivity contribution in [3.8, 4) is 5.75 Å². The smallest absolute Gasteiger partial charge is 0.254 e. The van der Waals surface area contributed by atoms with E-state index in [1.165, 1.54) is 19.2 Å². The van der Waals surface area contributed by atoms with E-state index in [9.17, 15) is 13.2 Å². The number of rotatable bonds is 9. The fraction of sp³-hybridized carbons (Fsp3) is 0.435. The number of sulfonamides is 1. The molecule has 0 aliphatic heterocycles. The Labute approximate surface area is 196 Å². The van der Waals surface area contributed by atoms with Crippen LogP contribution in [0.3, 0.4) is 0 Å². The van der Waals surface area contributed by atoms with Gasteiger partial charge in [0.05, 0.1) is 7.11 Å². The maximum Gasteiger partial charge on any atom is 0.254 e. The molecule has 0 atom stereocenters. The molecule has 0 aliphatic carbocycles. The van der Waals surface area contributed by atoms with E-state index < -0.39 is 15.6 Å². The molecule has 0 spiro atoms. The first kappa shape index (κ1) is 26.1. The van der Waals surface area contributed by atoms with E-state index in [0.29, 0.717) is 24.7 Å². The molecule has 2 aromatic carbocycles. The van der Waals surface area contributed by atoms with Crippen molar-refractivity contribution in [1.29, 1.82) is 0 Å². The molecule has 0 unspecified atom stereocenters. The highest BCUT2D eigenvalue weighted by Gasteiger charge is 2.27. The van der Waals surface area contributed by atoms with Gasteiger partial charge < -0.3 is 14.5 Å². The number of nitrogens with one attached hydrogen (secondary N) is 1. The zero-order valence-electron chi connectivity index (χ0n) is 19.5. The van der Waals surface area contributed by atoms with Crippen molar-refractivity contribution in [2.75, 3.05) is 34.3 Å².